The molecule has 0 heterocycles. The van der Waals surface area contributed by atoms with Crippen molar-refractivity contribution in [1.82, 2.24) is 0 Å². The molecule has 84 valence electrons. The van der Waals surface area contributed by atoms with Crippen LogP contribution in [0.5, 0.6) is 0 Å². The van der Waals surface area contributed by atoms with E-state index in [0.29, 0.717) is 6.42 Å². The van der Waals surface area contributed by atoms with Crippen LogP contribution in [0.15, 0.2) is 18.2 Å². The summed E-state index contributed by atoms with van der Waals surface area (Å²) in [5, 5.41) is 11.0. The minimum Gasteiger partial charge on any atom is -0.390 e. The molecule has 1 nitrogen and oxygen atoms in total. The molecular weight excluding hydrogens is 208 g/mol. The molecule has 2 heteroatoms. The Morgan fingerprint density at radius 3 is 2.33 bits per heavy atom. The second-order valence-electron chi connectivity index (χ2n) is 4.19. The van der Waals surface area contributed by atoms with Crippen molar-refractivity contribution in [2.45, 2.75) is 45.6 Å². The van der Waals surface area contributed by atoms with Gasteiger partial charge in [0.15, 0.2) is 0 Å². The average molecular weight is 227 g/mol. The molecule has 0 atom stereocenters. The van der Waals surface area contributed by atoms with Crippen LogP contribution < -0.4 is 0 Å². The van der Waals surface area contributed by atoms with E-state index in [1.54, 1.807) is 0 Å². The predicted octanol–water partition coefficient (Wildman–Crippen LogP) is 3.74. The first-order chi connectivity index (χ1) is 7.00. The first-order valence-corrected chi connectivity index (χ1v) is 5.86. The zero-order chi connectivity index (χ0) is 11.5. The van der Waals surface area contributed by atoms with Crippen molar-refractivity contribution in [3.8, 4) is 0 Å². The van der Waals surface area contributed by atoms with Crippen molar-refractivity contribution in [3.05, 3.63) is 34.3 Å². The van der Waals surface area contributed by atoms with Gasteiger partial charge in [-0.25, -0.2) is 0 Å². The van der Waals surface area contributed by atoms with Crippen LogP contribution in [0.1, 0.15) is 37.8 Å². The van der Waals surface area contributed by atoms with Crippen molar-refractivity contribution in [2.24, 2.45) is 0 Å². The maximum atomic E-state index is 10.2. The lowest BCUT2D eigenvalue weighted by Crippen LogP contribution is -2.29. The fraction of sp³-hybridized carbons (Fsp3) is 0.538. The van der Waals surface area contributed by atoms with Crippen LogP contribution >= 0.6 is 11.6 Å². The van der Waals surface area contributed by atoms with Crippen LogP contribution in [0.2, 0.25) is 5.02 Å². The van der Waals surface area contributed by atoms with Crippen LogP contribution in [-0.2, 0) is 6.42 Å². The molecule has 1 aromatic carbocycles. The van der Waals surface area contributed by atoms with E-state index < -0.39 is 5.60 Å². The highest BCUT2D eigenvalue weighted by atomic mass is 35.5. The quantitative estimate of drug-likeness (QED) is 0.829. The Morgan fingerprint density at radius 1 is 1.27 bits per heavy atom. The van der Waals surface area contributed by atoms with Crippen molar-refractivity contribution in [3.63, 3.8) is 0 Å². The summed E-state index contributed by atoms with van der Waals surface area (Å²) in [6, 6.07) is 5.95. The molecule has 0 aliphatic carbocycles. The molecule has 0 bridgehead atoms. The minimum absolute atomic E-state index is 0.569. The highest BCUT2D eigenvalue weighted by Gasteiger charge is 2.22. The summed E-state index contributed by atoms with van der Waals surface area (Å²) in [4.78, 5) is 0. The lowest BCUT2D eigenvalue weighted by Gasteiger charge is -2.25. The van der Waals surface area contributed by atoms with E-state index in [9.17, 15) is 5.11 Å². The van der Waals surface area contributed by atoms with Gasteiger partial charge in [-0.2, -0.15) is 0 Å². The number of hydrogen-bond donors (Lipinski definition) is 1. The maximum absolute atomic E-state index is 10.2. The molecule has 1 N–H and O–H groups in total. The second kappa shape index (κ2) is 5.00. The summed E-state index contributed by atoms with van der Waals surface area (Å²) in [7, 11) is 0. The molecule has 1 aromatic rings. The third-order valence-corrected chi connectivity index (χ3v) is 3.50. The fourth-order valence-corrected chi connectivity index (χ4v) is 1.81. The molecule has 15 heavy (non-hydrogen) atoms. The number of hydrogen-bond acceptors (Lipinski definition) is 1. The smallest absolute Gasteiger partial charge is 0.0682 e. The number of benzene rings is 1. The van der Waals surface area contributed by atoms with E-state index in [1.165, 1.54) is 0 Å². The number of aryl methyl sites for hydroxylation is 1. The average Bonchev–Trinajstić information content (AvgIpc) is 2.23. The number of aliphatic hydroxyl groups is 1. The van der Waals surface area contributed by atoms with Gasteiger partial charge >= 0.3 is 0 Å². The van der Waals surface area contributed by atoms with Gasteiger partial charge in [0.2, 0.25) is 0 Å². The molecule has 0 saturated heterocycles. The van der Waals surface area contributed by atoms with Gasteiger partial charge in [0.05, 0.1) is 5.60 Å². The van der Waals surface area contributed by atoms with Gasteiger partial charge in [-0.1, -0.05) is 37.6 Å². The molecule has 0 spiro atoms. The van der Waals surface area contributed by atoms with Gasteiger partial charge in [0.25, 0.3) is 0 Å². The highest BCUT2D eigenvalue weighted by molar-refractivity contribution is 6.31. The van der Waals surface area contributed by atoms with E-state index in [4.69, 9.17) is 11.6 Å². The van der Waals surface area contributed by atoms with Crippen molar-refractivity contribution in [2.75, 3.05) is 0 Å². The van der Waals surface area contributed by atoms with Gasteiger partial charge in [-0.15, -0.1) is 0 Å². The normalized spacial score (nSPS) is 11.8. The highest BCUT2D eigenvalue weighted by Crippen LogP contribution is 2.23. The molecule has 0 saturated carbocycles. The Morgan fingerprint density at radius 2 is 1.87 bits per heavy atom. The van der Waals surface area contributed by atoms with Gasteiger partial charge in [-0.05, 0) is 37.0 Å². The molecule has 0 radical (unpaired) electrons. The summed E-state index contributed by atoms with van der Waals surface area (Å²) in [5.41, 5.74) is 1.66. The molecule has 0 amide bonds. The van der Waals surface area contributed by atoms with Crippen LogP contribution in [-0.4, -0.2) is 10.7 Å². The van der Waals surface area contributed by atoms with Crippen molar-refractivity contribution < 1.29 is 5.11 Å². The third-order valence-electron chi connectivity index (χ3n) is 3.07. The van der Waals surface area contributed by atoms with Gasteiger partial charge < -0.3 is 5.11 Å². The van der Waals surface area contributed by atoms with Crippen LogP contribution in [0, 0.1) is 6.92 Å². The zero-order valence-electron chi connectivity index (χ0n) is 9.68. The van der Waals surface area contributed by atoms with E-state index in [1.807, 2.05) is 32.9 Å². The third kappa shape index (κ3) is 3.22. The SMILES string of the molecule is CCC(O)(CC)Cc1ccc(Cl)c(C)c1. The number of rotatable bonds is 4. The van der Waals surface area contributed by atoms with Crippen molar-refractivity contribution >= 4 is 11.6 Å². The lowest BCUT2D eigenvalue weighted by molar-refractivity contribution is 0.0326. The first-order valence-electron chi connectivity index (χ1n) is 5.48. The summed E-state index contributed by atoms with van der Waals surface area (Å²) in [6.07, 6.45) is 2.27. The van der Waals surface area contributed by atoms with Crippen LogP contribution in [0.25, 0.3) is 0 Å². The Bertz CT molecular complexity index is 329. The van der Waals surface area contributed by atoms with Crippen molar-refractivity contribution in [1.29, 1.82) is 0 Å². The summed E-state index contributed by atoms with van der Waals surface area (Å²) >= 11 is 5.96. The lowest BCUT2D eigenvalue weighted by atomic mass is 9.89. The van der Waals surface area contributed by atoms with Crippen LogP contribution in [0.3, 0.4) is 0 Å². The van der Waals surface area contributed by atoms with Gasteiger partial charge in [0, 0.05) is 11.4 Å². The maximum Gasteiger partial charge on any atom is 0.0682 e. The van der Waals surface area contributed by atoms with E-state index >= 15 is 0 Å². The topological polar surface area (TPSA) is 20.2 Å². The Kier molecular flexibility index (Phi) is 4.18. The molecule has 0 fully saturated rings. The van der Waals surface area contributed by atoms with Gasteiger partial charge in [0.1, 0.15) is 0 Å². The first kappa shape index (κ1) is 12.5. The molecular formula is C13H19ClO. The van der Waals surface area contributed by atoms with E-state index in [2.05, 4.69) is 6.07 Å². The Labute approximate surface area is 97.1 Å². The summed E-state index contributed by atoms with van der Waals surface area (Å²) in [6.45, 7) is 6.03. The molecule has 0 aliphatic rings. The minimum atomic E-state index is -0.569. The Hall–Kier alpha value is -0.530. The second-order valence-corrected chi connectivity index (χ2v) is 4.60. The molecule has 1 rings (SSSR count). The largest absolute Gasteiger partial charge is 0.390 e. The van der Waals surface area contributed by atoms with Crippen LogP contribution in [0.4, 0.5) is 0 Å². The monoisotopic (exact) mass is 226 g/mol. The van der Waals surface area contributed by atoms with E-state index in [-0.39, 0.29) is 0 Å². The standard InChI is InChI=1S/C13H19ClO/c1-4-13(15,5-2)9-11-6-7-12(14)10(3)8-11/h6-8,15H,4-5,9H2,1-3H3. The predicted molar refractivity (Wildman–Crippen MR) is 65.4 cm³/mol. The van der Waals surface area contributed by atoms with E-state index in [0.717, 1.165) is 29.0 Å². The summed E-state index contributed by atoms with van der Waals surface area (Å²) < 4.78 is 0. The fourth-order valence-electron chi connectivity index (χ4n) is 1.70. The Balaban J connectivity index is 2.85. The zero-order valence-corrected chi connectivity index (χ0v) is 10.4. The van der Waals surface area contributed by atoms with Gasteiger partial charge in [-0.3, -0.25) is 0 Å². The number of halogens is 1. The molecule has 0 aliphatic heterocycles. The molecule has 0 aromatic heterocycles. The summed E-state index contributed by atoms with van der Waals surface area (Å²) in [5.74, 6) is 0. The molecule has 0 unspecified atom stereocenters.